The van der Waals surface area contributed by atoms with Crippen LogP contribution in [0.15, 0.2) is 42.5 Å². The molecule has 2 N–H and O–H groups in total. The predicted octanol–water partition coefficient (Wildman–Crippen LogP) is 4.07. The fraction of sp³-hybridized carbons (Fsp3) is 0.381. The number of amides is 1. The predicted molar refractivity (Wildman–Crippen MR) is 109 cm³/mol. The highest BCUT2D eigenvalue weighted by Crippen LogP contribution is 2.32. The maximum atomic E-state index is 12.4. The van der Waals surface area contributed by atoms with Crippen molar-refractivity contribution in [2.75, 3.05) is 19.6 Å². The average molecular weight is 407 g/mol. The molecule has 0 bridgehead atoms. The molecule has 2 atom stereocenters. The Morgan fingerprint density at radius 2 is 1.96 bits per heavy atom. The zero-order valence-electron chi connectivity index (χ0n) is 15.5. The van der Waals surface area contributed by atoms with E-state index in [0.29, 0.717) is 24.5 Å². The fourth-order valence-electron chi connectivity index (χ4n) is 3.51. The molecule has 27 heavy (non-hydrogen) atoms. The van der Waals surface area contributed by atoms with Crippen LogP contribution in [0.2, 0.25) is 10.0 Å². The second kappa shape index (κ2) is 8.19. The van der Waals surface area contributed by atoms with Crippen molar-refractivity contribution in [3.63, 3.8) is 0 Å². The molecular weight excluding hydrogens is 383 g/mol. The van der Waals surface area contributed by atoms with Crippen molar-refractivity contribution in [3.05, 3.63) is 69.2 Å². The van der Waals surface area contributed by atoms with Crippen LogP contribution in [0.3, 0.4) is 0 Å². The van der Waals surface area contributed by atoms with Gasteiger partial charge >= 0.3 is 0 Å². The molecule has 4 nitrogen and oxygen atoms in total. The second-order valence-corrected chi connectivity index (χ2v) is 8.14. The number of halogens is 2. The standard InChI is InChI=1S/C21H24Cl2N2O2/c1-14-11-16(3-8-19(14)23)15(2)24-20(26)12-25-10-9-21(27,13-25)17-4-6-18(22)7-5-17/h3-8,11,15,27H,9-10,12-13H2,1-2H3,(H,24,26). The Morgan fingerprint density at radius 1 is 1.26 bits per heavy atom. The normalized spacial score (nSPS) is 21.2. The number of carbonyl (C=O) groups is 1. The van der Waals surface area contributed by atoms with Crippen molar-refractivity contribution in [1.29, 1.82) is 0 Å². The van der Waals surface area contributed by atoms with Crippen LogP contribution in [0.5, 0.6) is 0 Å². The van der Waals surface area contributed by atoms with Gasteiger partial charge in [0.25, 0.3) is 0 Å². The van der Waals surface area contributed by atoms with Crippen LogP contribution < -0.4 is 5.32 Å². The van der Waals surface area contributed by atoms with E-state index in [1.807, 2.05) is 49.1 Å². The smallest absolute Gasteiger partial charge is 0.234 e. The Labute approximate surface area is 170 Å². The average Bonchev–Trinajstić information content (AvgIpc) is 2.99. The maximum Gasteiger partial charge on any atom is 0.234 e. The van der Waals surface area contributed by atoms with Crippen LogP contribution in [-0.4, -0.2) is 35.5 Å². The van der Waals surface area contributed by atoms with Gasteiger partial charge in [-0.05, 0) is 55.2 Å². The van der Waals surface area contributed by atoms with Gasteiger partial charge in [0.2, 0.25) is 5.91 Å². The van der Waals surface area contributed by atoms with E-state index < -0.39 is 5.60 Å². The first kappa shape index (κ1) is 20.2. The first-order valence-electron chi connectivity index (χ1n) is 9.03. The van der Waals surface area contributed by atoms with Gasteiger partial charge < -0.3 is 10.4 Å². The van der Waals surface area contributed by atoms with Gasteiger partial charge in [0, 0.05) is 23.1 Å². The van der Waals surface area contributed by atoms with E-state index in [1.54, 1.807) is 12.1 Å². The number of rotatable bonds is 5. The van der Waals surface area contributed by atoms with E-state index in [1.165, 1.54) is 0 Å². The van der Waals surface area contributed by atoms with Crippen molar-refractivity contribution in [2.45, 2.75) is 31.9 Å². The number of likely N-dealkylation sites (tertiary alicyclic amines) is 1. The Bertz CT molecular complexity index is 825. The van der Waals surface area contributed by atoms with Crippen molar-refractivity contribution in [1.82, 2.24) is 10.2 Å². The summed E-state index contributed by atoms with van der Waals surface area (Å²) in [6.07, 6.45) is 0.591. The van der Waals surface area contributed by atoms with Gasteiger partial charge in [-0.1, -0.05) is 47.5 Å². The number of nitrogens with zero attached hydrogens (tertiary/aromatic N) is 1. The molecule has 0 spiro atoms. The van der Waals surface area contributed by atoms with E-state index in [2.05, 4.69) is 5.32 Å². The topological polar surface area (TPSA) is 52.6 Å². The summed E-state index contributed by atoms with van der Waals surface area (Å²) in [5.41, 5.74) is 1.90. The van der Waals surface area contributed by atoms with Gasteiger partial charge in [-0.15, -0.1) is 0 Å². The summed E-state index contributed by atoms with van der Waals surface area (Å²) in [7, 11) is 0. The first-order chi connectivity index (χ1) is 12.8. The minimum atomic E-state index is -0.941. The molecule has 1 aliphatic rings. The third-order valence-electron chi connectivity index (χ3n) is 5.14. The van der Waals surface area contributed by atoms with Gasteiger partial charge in [-0.2, -0.15) is 0 Å². The molecule has 0 radical (unpaired) electrons. The second-order valence-electron chi connectivity index (χ2n) is 7.30. The quantitative estimate of drug-likeness (QED) is 0.786. The molecule has 2 aromatic rings. The van der Waals surface area contributed by atoms with E-state index in [4.69, 9.17) is 23.2 Å². The molecule has 1 fully saturated rings. The van der Waals surface area contributed by atoms with E-state index in [9.17, 15) is 9.90 Å². The molecule has 0 aromatic heterocycles. The Hall–Kier alpha value is -1.59. The SMILES string of the molecule is Cc1cc(C(C)NC(=O)CN2CCC(O)(c3ccc(Cl)cc3)C2)ccc1Cl. The van der Waals surface area contributed by atoms with Crippen molar-refractivity contribution in [3.8, 4) is 0 Å². The lowest BCUT2D eigenvalue weighted by Gasteiger charge is -2.24. The lowest BCUT2D eigenvalue weighted by molar-refractivity contribution is -0.122. The minimum Gasteiger partial charge on any atom is -0.384 e. The Kier molecular flexibility index (Phi) is 6.11. The highest BCUT2D eigenvalue weighted by molar-refractivity contribution is 6.31. The van der Waals surface area contributed by atoms with Crippen molar-refractivity contribution in [2.24, 2.45) is 0 Å². The molecule has 2 aromatic carbocycles. The highest BCUT2D eigenvalue weighted by atomic mass is 35.5. The largest absolute Gasteiger partial charge is 0.384 e. The monoisotopic (exact) mass is 406 g/mol. The molecule has 1 heterocycles. The first-order valence-corrected chi connectivity index (χ1v) is 9.79. The summed E-state index contributed by atoms with van der Waals surface area (Å²) in [6.45, 7) is 5.25. The van der Waals surface area contributed by atoms with E-state index >= 15 is 0 Å². The van der Waals surface area contributed by atoms with Gasteiger partial charge in [0.05, 0.1) is 12.6 Å². The molecule has 3 rings (SSSR count). The highest BCUT2D eigenvalue weighted by Gasteiger charge is 2.38. The lowest BCUT2D eigenvalue weighted by atomic mass is 9.93. The number of hydrogen-bond acceptors (Lipinski definition) is 3. The Morgan fingerprint density at radius 3 is 2.63 bits per heavy atom. The van der Waals surface area contributed by atoms with Gasteiger partial charge in [0.1, 0.15) is 5.60 Å². The molecule has 1 saturated heterocycles. The molecule has 1 aliphatic heterocycles. The zero-order valence-corrected chi connectivity index (χ0v) is 17.0. The third-order valence-corrected chi connectivity index (χ3v) is 5.81. The summed E-state index contributed by atoms with van der Waals surface area (Å²) >= 11 is 12.0. The summed E-state index contributed by atoms with van der Waals surface area (Å²) in [4.78, 5) is 14.4. The minimum absolute atomic E-state index is 0.0598. The van der Waals surface area contributed by atoms with Crippen LogP contribution in [0.1, 0.15) is 36.1 Å². The van der Waals surface area contributed by atoms with Crippen molar-refractivity contribution >= 4 is 29.1 Å². The lowest BCUT2D eigenvalue weighted by Crippen LogP contribution is -2.39. The number of nitrogens with one attached hydrogen (secondary N) is 1. The molecule has 2 unspecified atom stereocenters. The number of carbonyl (C=O) groups excluding carboxylic acids is 1. The van der Waals surface area contributed by atoms with Gasteiger partial charge in [-0.25, -0.2) is 0 Å². The van der Waals surface area contributed by atoms with Crippen LogP contribution in [0.25, 0.3) is 0 Å². The van der Waals surface area contributed by atoms with Crippen LogP contribution in [-0.2, 0) is 10.4 Å². The summed E-state index contributed by atoms with van der Waals surface area (Å²) < 4.78 is 0. The van der Waals surface area contributed by atoms with E-state index in [-0.39, 0.29) is 18.5 Å². The molecule has 1 amide bonds. The fourth-order valence-corrected chi connectivity index (χ4v) is 3.76. The number of hydrogen-bond donors (Lipinski definition) is 2. The van der Waals surface area contributed by atoms with Crippen LogP contribution in [0, 0.1) is 6.92 Å². The van der Waals surface area contributed by atoms with Crippen LogP contribution >= 0.6 is 23.2 Å². The molecular formula is C21H24Cl2N2O2. The summed E-state index contributed by atoms with van der Waals surface area (Å²) in [6, 6.07) is 12.9. The number of β-amino-alcohol motifs (C(OH)–C–C–N with tert-alkyl or cyclic N) is 1. The molecule has 0 aliphatic carbocycles. The van der Waals surface area contributed by atoms with Crippen LogP contribution in [0.4, 0.5) is 0 Å². The molecule has 0 saturated carbocycles. The summed E-state index contributed by atoms with van der Waals surface area (Å²) in [5.74, 6) is -0.0598. The maximum absolute atomic E-state index is 12.4. The molecule has 144 valence electrons. The third kappa shape index (κ3) is 4.82. The number of benzene rings is 2. The zero-order chi connectivity index (χ0) is 19.6. The number of aryl methyl sites for hydroxylation is 1. The van der Waals surface area contributed by atoms with Crippen molar-refractivity contribution < 1.29 is 9.90 Å². The van der Waals surface area contributed by atoms with Gasteiger partial charge in [-0.3, -0.25) is 9.69 Å². The Balaban J connectivity index is 1.57. The molecule has 6 heteroatoms. The van der Waals surface area contributed by atoms with Gasteiger partial charge in [0.15, 0.2) is 0 Å². The number of aliphatic hydroxyl groups is 1. The van der Waals surface area contributed by atoms with E-state index in [0.717, 1.165) is 21.7 Å². The summed E-state index contributed by atoms with van der Waals surface area (Å²) in [5, 5.41) is 15.3.